The van der Waals surface area contributed by atoms with E-state index in [0.29, 0.717) is 6.54 Å². The highest BCUT2D eigenvalue weighted by molar-refractivity contribution is 5.28. The zero-order valence-electron chi connectivity index (χ0n) is 12.8. The van der Waals surface area contributed by atoms with Crippen LogP contribution in [0.4, 0.5) is 5.69 Å². The number of β-amino-alcohol motifs (C(OH)–C–C–N with tert-alkyl or cyclic N) is 1. The molecule has 1 aromatic carbocycles. The minimum absolute atomic E-state index is 0.0533. The second-order valence-electron chi connectivity index (χ2n) is 5.90. The minimum atomic E-state index is -0.601. The van der Waals surface area contributed by atoms with Crippen LogP contribution >= 0.6 is 0 Å². The highest BCUT2D eigenvalue weighted by atomic mass is 16.6. The number of hydrogen-bond acceptors (Lipinski definition) is 5. The highest BCUT2D eigenvalue weighted by Gasteiger charge is 2.18. The zero-order valence-corrected chi connectivity index (χ0v) is 12.8. The lowest BCUT2D eigenvalue weighted by Crippen LogP contribution is -2.36. The van der Waals surface area contributed by atoms with Crippen LogP contribution in [-0.4, -0.2) is 50.4 Å². The van der Waals surface area contributed by atoms with E-state index in [2.05, 4.69) is 34.3 Å². The van der Waals surface area contributed by atoms with E-state index in [1.165, 1.54) is 28.2 Å². The van der Waals surface area contributed by atoms with Crippen LogP contribution in [0.3, 0.4) is 0 Å². The lowest BCUT2D eigenvalue weighted by Gasteiger charge is -2.23. The van der Waals surface area contributed by atoms with Crippen molar-refractivity contribution in [3.8, 4) is 0 Å². The summed E-state index contributed by atoms with van der Waals surface area (Å²) in [6.45, 7) is 2.62. The molecule has 0 bridgehead atoms. The Morgan fingerprint density at radius 2 is 1.87 bits per heavy atom. The summed E-state index contributed by atoms with van der Waals surface area (Å²) < 4.78 is 1.43. The van der Waals surface area contributed by atoms with Gasteiger partial charge in [0.25, 0.3) is 0 Å². The average molecular weight is 316 g/mol. The maximum Gasteiger partial charge on any atom is 0.306 e. The normalized spacial score (nSPS) is 16.6. The molecule has 0 radical (unpaired) electrons. The fourth-order valence-corrected chi connectivity index (χ4v) is 3.02. The van der Waals surface area contributed by atoms with E-state index in [1.54, 1.807) is 0 Å². The van der Waals surface area contributed by atoms with Gasteiger partial charge in [-0.15, -0.1) is 0 Å². The van der Waals surface area contributed by atoms with E-state index >= 15 is 0 Å². The Morgan fingerprint density at radius 1 is 1.22 bits per heavy atom. The van der Waals surface area contributed by atoms with Crippen LogP contribution in [0, 0.1) is 10.1 Å². The van der Waals surface area contributed by atoms with Gasteiger partial charge in [-0.1, -0.05) is 24.3 Å². The van der Waals surface area contributed by atoms with E-state index in [1.807, 2.05) is 0 Å². The molecule has 1 aromatic heterocycles. The van der Waals surface area contributed by atoms with Gasteiger partial charge in [0, 0.05) is 19.6 Å². The molecule has 1 aliphatic heterocycles. The van der Waals surface area contributed by atoms with Crippen LogP contribution in [0.1, 0.15) is 11.1 Å². The quantitative estimate of drug-likeness (QED) is 0.663. The molecule has 1 aliphatic rings. The van der Waals surface area contributed by atoms with Crippen molar-refractivity contribution >= 4 is 5.69 Å². The van der Waals surface area contributed by atoms with Gasteiger partial charge in [-0.05, 0) is 24.0 Å². The number of benzene rings is 1. The molecule has 0 fully saturated rings. The molecule has 0 saturated carbocycles. The van der Waals surface area contributed by atoms with Crippen molar-refractivity contribution in [1.29, 1.82) is 0 Å². The maximum absolute atomic E-state index is 10.6. The summed E-state index contributed by atoms with van der Waals surface area (Å²) in [4.78, 5) is 12.4. The fraction of sp³-hybridized carbons (Fsp3) is 0.438. The van der Waals surface area contributed by atoms with Crippen molar-refractivity contribution in [3.05, 3.63) is 57.9 Å². The van der Waals surface area contributed by atoms with Crippen LogP contribution < -0.4 is 0 Å². The number of aromatic nitrogens is 2. The Kier molecular flexibility index (Phi) is 4.68. The number of aliphatic hydroxyl groups is 1. The Bertz CT molecular complexity index is 658. The van der Waals surface area contributed by atoms with Gasteiger partial charge in [-0.3, -0.25) is 14.8 Å². The molecule has 0 aliphatic carbocycles. The molecule has 7 nitrogen and oxygen atoms in total. The molecular weight excluding hydrogens is 296 g/mol. The third-order valence-electron chi connectivity index (χ3n) is 4.21. The zero-order chi connectivity index (χ0) is 16.2. The first-order valence-corrected chi connectivity index (χ1v) is 7.76. The van der Waals surface area contributed by atoms with Gasteiger partial charge in [0.05, 0.1) is 17.6 Å². The Balaban J connectivity index is 1.54. The van der Waals surface area contributed by atoms with Crippen molar-refractivity contribution in [2.24, 2.45) is 0 Å². The second-order valence-corrected chi connectivity index (χ2v) is 5.90. The van der Waals surface area contributed by atoms with E-state index in [4.69, 9.17) is 0 Å². The lowest BCUT2D eigenvalue weighted by atomic mass is 10.0. The molecule has 0 unspecified atom stereocenters. The number of hydrogen-bond donors (Lipinski definition) is 1. The van der Waals surface area contributed by atoms with Gasteiger partial charge in [-0.25, -0.2) is 0 Å². The topological polar surface area (TPSA) is 84.4 Å². The first kappa shape index (κ1) is 15.6. The van der Waals surface area contributed by atoms with Gasteiger partial charge in [0.1, 0.15) is 12.4 Å². The molecule has 1 atom stereocenters. The molecule has 3 rings (SSSR count). The number of fused-ring (bicyclic) bond motifs is 1. The van der Waals surface area contributed by atoms with Crippen LogP contribution in [0.25, 0.3) is 0 Å². The van der Waals surface area contributed by atoms with Crippen molar-refractivity contribution in [2.75, 3.05) is 19.6 Å². The predicted molar refractivity (Wildman–Crippen MR) is 85.2 cm³/mol. The van der Waals surface area contributed by atoms with Crippen molar-refractivity contribution < 1.29 is 10.0 Å². The third-order valence-corrected chi connectivity index (χ3v) is 4.21. The number of aliphatic hydroxyl groups excluding tert-OH is 1. The molecule has 122 valence electrons. The lowest BCUT2D eigenvalue weighted by molar-refractivity contribution is -0.385. The monoisotopic (exact) mass is 316 g/mol. The van der Waals surface area contributed by atoms with E-state index < -0.39 is 11.0 Å². The molecular formula is C16H20N4O3. The predicted octanol–water partition coefficient (Wildman–Crippen LogP) is 1.25. The molecule has 0 saturated heterocycles. The Labute approximate surface area is 134 Å². The Morgan fingerprint density at radius 3 is 2.43 bits per heavy atom. The van der Waals surface area contributed by atoms with E-state index in [9.17, 15) is 15.2 Å². The molecule has 2 heterocycles. The SMILES string of the molecule is O=[N+]([O-])c1cnn(C[C@@H](O)CN2CCc3ccccc3CC2)c1. The van der Waals surface area contributed by atoms with Gasteiger partial charge in [0.2, 0.25) is 0 Å². The minimum Gasteiger partial charge on any atom is -0.390 e. The molecule has 0 amide bonds. The smallest absolute Gasteiger partial charge is 0.306 e. The Hall–Kier alpha value is -2.25. The largest absolute Gasteiger partial charge is 0.390 e. The van der Waals surface area contributed by atoms with Crippen LogP contribution in [-0.2, 0) is 19.4 Å². The van der Waals surface area contributed by atoms with Gasteiger partial charge in [0.15, 0.2) is 0 Å². The summed E-state index contributed by atoms with van der Waals surface area (Å²) in [5, 5.41) is 24.8. The van der Waals surface area contributed by atoms with E-state index in [0.717, 1.165) is 25.9 Å². The van der Waals surface area contributed by atoms with Gasteiger partial charge >= 0.3 is 5.69 Å². The van der Waals surface area contributed by atoms with Crippen LogP contribution in [0.15, 0.2) is 36.7 Å². The number of nitro groups is 1. The van der Waals surface area contributed by atoms with E-state index in [-0.39, 0.29) is 12.2 Å². The first-order valence-electron chi connectivity index (χ1n) is 7.76. The van der Waals surface area contributed by atoms with Crippen molar-refractivity contribution in [1.82, 2.24) is 14.7 Å². The standard InChI is InChI=1S/C16H20N4O3/c21-16(12-19-10-15(9-17-19)20(22)23)11-18-7-5-13-3-1-2-4-14(13)6-8-18/h1-4,9-10,16,21H,5-8,11-12H2/t16-/m0/s1. The van der Waals surface area contributed by atoms with Crippen LogP contribution in [0.2, 0.25) is 0 Å². The van der Waals surface area contributed by atoms with Gasteiger partial charge < -0.3 is 10.0 Å². The number of rotatable bonds is 5. The third kappa shape index (κ3) is 3.94. The summed E-state index contributed by atoms with van der Waals surface area (Å²) in [6, 6.07) is 8.46. The van der Waals surface area contributed by atoms with Crippen molar-refractivity contribution in [2.45, 2.75) is 25.5 Å². The van der Waals surface area contributed by atoms with Gasteiger partial charge in [-0.2, -0.15) is 5.10 Å². The molecule has 2 aromatic rings. The number of nitrogens with zero attached hydrogens (tertiary/aromatic N) is 4. The average Bonchev–Trinajstić information content (AvgIpc) is 2.90. The summed E-state index contributed by atoms with van der Waals surface area (Å²) in [7, 11) is 0. The van der Waals surface area contributed by atoms with Crippen LogP contribution in [0.5, 0.6) is 0 Å². The summed E-state index contributed by atoms with van der Waals surface area (Å²) in [6.07, 6.45) is 3.92. The summed E-state index contributed by atoms with van der Waals surface area (Å²) in [5.74, 6) is 0. The molecule has 0 spiro atoms. The fourth-order valence-electron chi connectivity index (χ4n) is 3.02. The second kappa shape index (κ2) is 6.89. The maximum atomic E-state index is 10.6. The highest BCUT2D eigenvalue weighted by Crippen LogP contribution is 2.16. The molecule has 7 heteroatoms. The first-order chi connectivity index (χ1) is 11.1. The van der Waals surface area contributed by atoms with Crippen molar-refractivity contribution in [3.63, 3.8) is 0 Å². The summed E-state index contributed by atoms with van der Waals surface area (Å²) >= 11 is 0. The molecule has 23 heavy (non-hydrogen) atoms. The molecule has 1 N–H and O–H groups in total. The summed E-state index contributed by atoms with van der Waals surface area (Å²) in [5.41, 5.74) is 2.71.